The summed E-state index contributed by atoms with van der Waals surface area (Å²) in [5, 5.41) is 0. The van der Waals surface area contributed by atoms with E-state index in [-0.39, 0.29) is 18.3 Å². The summed E-state index contributed by atoms with van der Waals surface area (Å²) < 4.78 is 5.74. The number of hydrogen-bond donors (Lipinski definition) is 1. The van der Waals surface area contributed by atoms with Crippen molar-refractivity contribution in [2.24, 2.45) is 11.7 Å². The highest BCUT2D eigenvalue weighted by atomic mass is 35.5. The molecule has 26 heavy (non-hydrogen) atoms. The number of amides is 1. The summed E-state index contributed by atoms with van der Waals surface area (Å²) in [6, 6.07) is 17.5. The van der Waals surface area contributed by atoms with Gasteiger partial charge in [-0.3, -0.25) is 4.79 Å². The van der Waals surface area contributed by atoms with Crippen LogP contribution in [-0.2, 0) is 6.54 Å². The number of nitrogens with two attached hydrogens (primary N) is 1. The van der Waals surface area contributed by atoms with Crippen molar-refractivity contribution >= 4 is 18.3 Å². The highest BCUT2D eigenvalue weighted by molar-refractivity contribution is 5.94. The van der Waals surface area contributed by atoms with Crippen LogP contribution in [0.2, 0.25) is 0 Å². The molecular formula is C21H27ClN2O2. The fourth-order valence-electron chi connectivity index (χ4n) is 2.71. The number of halogens is 1. The van der Waals surface area contributed by atoms with Crippen molar-refractivity contribution < 1.29 is 9.53 Å². The van der Waals surface area contributed by atoms with Gasteiger partial charge in [0.2, 0.25) is 0 Å². The zero-order valence-electron chi connectivity index (χ0n) is 15.0. The summed E-state index contributed by atoms with van der Waals surface area (Å²) in [4.78, 5) is 14.8. The molecule has 1 saturated carbocycles. The smallest absolute Gasteiger partial charge is 0.254 e. The minimum absolute atomic E-state index is 0. The Morgan fingerprint density at radius 3 is 2.38 bits per heavy atom. The van der Waals surface area contributed by atoms with Crippen LogP contribution in [0.25, 0.3) is 0 Å². The van der Waals surface area contributed by atoms with E-state index in [1.165, 1.54) is 12.8 Å². The van der Waals surface area contributed by atoms with E-state index in [0.717, 1.165) is 30.3 Å². The van der Waals surface area contributed by atoms with Gasteiger partial charge in [0.05, 0.1) is 6.61 Å². The molecule has 2 aromatic carbocycles. The standard InChI is InChI=1S/C21H26N2O2.ClH/c22-13-4-14-23(15-17-5-2-1-3-6-17)21(24)19-9-11-20(12-10-19)25-16-18-7-8-18;/h1-3,5-6,9-12,18H,4,7-8,13-16,22H2;1H. The number of carbonyl (C=O) groups is 1. The van der Waals surface area contributed by atoms with E-state index in [1.807, 2.05) is 59.5 Å². The van der Waals surface area contributed by atoms with Crippen molar-refractivity contribution in [3.05, 3.63) is 65.7 Å². The number of hydrogen-bond acceptors (Lipinski definition) is 3. The summed E-state index contributed by atoms with van der Waals surface area (Å²) in [5.41, 5.74) is 7.45. The molecule has 0 saturated heterocycles. The lowest BCUT2D eigenvalue weighted by Crippen LogP contribution is -2.32. The summed E-state index contributed by atoms with van der Waals surface area (Å²) in [7, 11) is 0. The third-order valence-electron chi connectivity index (χ3n) is 4.42. The number of carbonyl (C=O) groups excluding carboxylic acids is 1. The van der Waals surface area contributed by atoms with Gasteiger partial charge in [0.25, 0.3) is 5.91 Å². The summed E-state index contributed by atoms with van der Waals surface area (Å²) in [5.74, 6) is 1.59. The molecule has 0 aromatic heterocycles. The van der Waals surface area contributed by atoms with Gasteiger partial charge < -0.3 is 15.4 Å². The number of rotatable bonds is 9. The largest absolute Gasteiger partial charge is 0.493 e. The average Bonchev–Trinajstić information content (AvgIpc) is 3.48. The Balaban J connectivity index is 0.00000243. The molecule has 0 bridgehead atoms. The number of benzene rings is 2. The topological polar surface area (TPSA) is 55.6 Å². The Bertz CT molecular complexity index is 672. The maximum absolute atomic E-state index is 12.9. The molecule has 2 N–H and O–H groups in total. The Kier molecular flexibility index (Phi) is 7.95. The van der Waals surface area contributed by atoms with Crippen molar-refractivity contribution in [3.8, 4) is 5.75 Å². The van der Waals surface area contributed by atoms with Gasteiger partial charge in [-0.05, 0) is 61.6 Å². The molecule has 140 valence electrons. The second-order valence-electron chi connectivity index (χ2n) is 6.63. The second-order valence-corrected chi connectivity index (χ2v) is 6.63. The molecule has 2 aromatic rings. The first-order chi connectivity index (χ1) is 12.3. The molecule has 4 nitrogen and oxygen atoms in total. The summed E-state index contributed by atoms with van der Waals surface area (Å²) >= 11 is 0. The summed E-state index contributed by atoms with van der Waals surface area (Å²) in [6.07, 6.45) is 3.33. The maximum atomic E-state index is 12.9. The van der Waals surface area contributed by atoms with Gasteiger partial charge >= 0.3 is 0 Å². The first-order valence-electron chi connectivity index (χ1n) is 9.02. The number of nitrogens with zero attached hydrogens (tertiary/aromatic N) is 1. The molecule has 1 fully saturated rings. The molecule has 0 atom stereocenters. The van der Waals surface area contributed by atoms with Gasteiger partial charge in [-0.25, -0.2) is 0 Å². The van der Waals surface area contributed by atoms with Gasteiger partial charge in [-0.1, -0.05) is 30.3 Å². The molecule has 1 aliphatic carbocycles. The zero-order chi connectivity index (χ0) is 17.5. The lowest BCUT2D eigenvalue weighted by atomic mass is 10.1. The van der Waals surface area contributed by atoms with Crippen molar-refractivity contribution in [1.82, 2.24) is 4.90 Å². The first-order valence-corrected chi connectivity index (χ1v) is 9.02. The van der Waals surface area contributed by atoms with Crippen LogP contribution in [0.4, 0.5) is 0 Å². The van der Waals surface area contributed by atoms with E-state index in [0.29, 0.717) is 25.2 Å². The van der Waals surface area contributed by atoms with Gasteiger partial charge in [0, 0.05) is 18.7 Å². The van der Waals surface area contributed by atoms with Crippen molar-refractivity contribution in [3.63, 3.8) is 0 Å². The molecule has 1 amide bonds. The molecule has 0 aliphatic heterocycles. The van der Waals surface area contributed by atoms with Gasteiger partial charge in [-0.15, -0.1) is 12.4 Å². The fraction of sp³-hybridized carbons (Fsp3) is 0.381. The van der Waals surface area contributed by atoms with Gasteiger partial charge in [0.1, 0.15) is 5.75 Å². The molecule has 3 rings (SSSR count). The van der Waals surface area contributed by atoms with Crippen molar-refractivity contribution in [2.75, 3.05) is 19.7 Å². The summed E-state index contributed by atoms with van der Waals surface area (Å²) in [6.45, 7) is 2.61. The fourth-order valence-corrected chi connectivity index (χ4v) is 2.71. The van der Waals surface area contributed by atoms with E-state index in [9.17, 15) is 4.79 Å². The van der Waals surface area contributed by atoms with Crippen molar-refractivity contribution in [2.45, 2.75) is 25.8 Å². The van der Waals surface area contributed by atoms with E-state index < -0.39 is 0 Å². The highest BCUT2D eigenvalue weighted by Gasteiger charge is 2.22. The van der Waals surface area contributed by atoms with Crippen molar-refractivity contribution in [1.29, 1.82) is 0 Å². The Morgan fingerprint density at radius 1 is 1.08 bits per heavy atom. The average molecular weight is 375 g/mol. The monoisotopic (exact) mass is 374 g/mol. The predicted octanol–water partition coefficient (Wildman–Crippen LogP) is 3.89. The SMILES string of the molecule is Cl.NCCCN(Cc1ccccc1)C(=O)c1ccc(OCC2CC2)cc1. The maximum Gasteiger partial charge on any atom is 0.254 e. The van der Waals surface area contributed by atoms with Crippen LogP contribution in [0, 0.1) is 5.92 Å². The third-order valence-corrected chi connectivity index (χ3v) is 4.42. The van der Waals surface area contributed by atoms with E-state index in [4.69, 9.17) is 10.5 Å². The molecule has 0 unspecified atom stereocenters. The first kappa shape index (κ1) is 20.3. The Hall–Kier alpha value is -2.04. The van der Waals surface area contributed by atoms with Gasteiger partial charge in [0.15, 0.2) is 0 Å². The zero-order valence-corrected chi connectivity index (χ0v) is 15.8. The van der Waals surface area contributed by atoms with Crippen LogP contribution in [-0.4, -0.2) is 30.5 Å². The highest BCUT2D eigenvalue weighted by Crippen LogP contribution is 2.29. The van der Waals surface area contributed by atoms with Crippen LogP contribution in [0.5, 0.6) is 5.75 Å². The predicted molar refractivity (Wildman–Crippen MR) is 107 cm³/mol. The Morgan fingerprint density at radius 2 is 1.77 bits per heavy atom. The van der Waals surface area contributed by atoms with Crippen LogP contribution in [0.1, 0.15) is 35.2 Å². The Labute approximate surface area is 161 Å². The molecule has 0 radical (unpaired) electrons. The minimum Gasteiger partial charge on any atom is -0.493 e. The normalized spacial score (nSPS) is 13.0. The lowest BCUT2D eigenvalue weighted by molar-refractivity contribution is 0.0742. The van der Waals surface area contributed by atoms with Crippen LogP contribution < -0.4 is 10.5 Å². The molecule has 5 heteroatoms. The molecular weight excluding hydrogens is 348 g/mol. The quantitative estimate of drug-likeness (QED) is 0.724. The minimum atomic E-state index is 0. The number of ether oxygens (including phenoxy) is 1. The van der Waals surface area contributed by atoms with E-state index in [2.05, 4.69) is 0 Å². The van der Waals surface area contributed by atoms with Crippen LogP contribution >= 0.6 is 12.4 Å². The lowest BCUT2D eigenvalue weighted by Gasteiger charge is -2.23. The van der Waals surface area contributed by atoms with Gasteiger partial charge in [-0.2, -0.15) is 0 Å². The third kappa shape index (κ3) is 6.04. The van der Waals surface area contributed by atoms with Crippen LogP contribution in [0.15, 0.2) is 54.6 Å². The molecule has 0 spiro atoms. The van der Waals surface area contributed by atoms with E-state index >= 15 is 0 Å². The van der Waals surface area contributed by atoms with Crippen LogP contribution in [0.3, 0.4) is 0 Å². The molecule has 1 aliphatic rings. The second kappa shape index (κ2) is 10.2. The molecule has 0 heterocycles. The van der Waals surface area contributed by atoms with E-state index in [1.54, 1.807) is 0 Å².